The molecule has 1 saturated heterocycles. The van der Waals surface area contributed by atoms with Crippen molar-refractivity contribution in [2.75, 3.05) is 60.0 Å². The Morgan fingerprint density at radius 3 is 2.81 bits per heavy atom. The van der Waals surface area contributed by atoms with Crippen LogP contribution in [0.15, 0.2) is 41.9 Å². The van der Waals surface area contributed by atoms with E-state index in [1.807, 2.05) is 18.2 Å². The molecular weight excluding hydrogens is 453 g/mol. The van der Waals surface area contributed by atoms with Gasteiger partial charge in [0.2, 0.25) is 0 Å². The number of ether oxygens (including phenoxy) is 1. The zero-order valence-corrected chi connectivity index (χ0v) is 18.9. The van der Waals surface area contributed by atoms with Gasteiger partial charge in [-0.15, -0.1) is 24.0 Å². The second kappa shape index (κ2) is 13.8. The Bertz CT molecular complexity index is 581. The molecule has 0 bridgehead atoms. The summed E-state index contributed by atoms with van der Waals surface area (Å²) >= 11 is 0. The number of para-hydroxylation sites is 1. The SMILES string of the molecule is C=CCOc1ccccc1CNC(=NC)NCCN1CCCN(C)CC1.I. The lowest BCUT2D eigenvalue weighted by Crippen LogP contribution is -2.42. The molecule has 1 aliphatic rings. The van der Waals surface area contributed by atoms with E-state index in [2.05, 4.69) is 45.1 Å². The fourth-order valence-corrected chi connectivity index (χ4v) is 2.99. The molecule has 0 atom stereocenters. The maximum absolute atomic E-state index is 5.70. The van der Waals surface area contributed by atoms with E-state index >= 15 is 0 Å². The number of likely N-dealkylation sites (N-methyl/N-ethyl adjacent to an activating group) is 1. The molecule has 1 heterocycles. The van der Waals surface area contributed by atoms with Crippen molar-refractivity contribution in [3.05, 3.63) is 42.5 Å². The van der Waals surface area contributed by atoms with E-state index in [1.54, 1.807) is 13.1 Å². The Hall–Kier alpha value is -1.32. The van der Waals surface area contributed by atoms with E-state index in [4.69, 9.17) is 4.74 Å². The Kier molecular flexibility index (Phi) is 12.1. The first-order valence-corrected chi connectivity index (χ1v) is 9.40. The van der Waals surface area contributed by atoms with Crippen LogP contribution in [0, 0.1) is 0 Å². The summed E-state index contributed by atoms with van der Waals surface area (Å²) in [4.78, 5) is 9.24. The lowest BCUT2D eigenvalue weighted by atomic mass is 10.2. The van der Waals surface area contributed by atoms with Crippen LogP contribution >= 0.6 is 24.0 Å². The van der Waals surface area contributed by atoms with Gasteiger partial charge in [0.05, 0.1) is 0 Å². The number of hydrogen-bond donors (Lipinski definition) is 2. The summed E-state index contributed by atoms with van der Waals surface area (Å²) in [6, 6.07) is 8.04. The first-order valence-electron chi connectivity index (χ1n) is 9.40. The summed E-state index contributed by atoms with van der Waals surface area (Å²) in [7, 11) is 4.00. The van der Waals surface area contributed by atoms with Gasteiger partial charge in [0.1, 0.15) is 12.4 Å². The molecule has 0 spiro atoms. The van der Waals surface area contributed by atoms with Crippen molar-refractivity contribution in [1.29, 1.82) is 0 Å². The molecule has 152 valence electrons. The van der Waals surface area contributed by atoms with Crippen molar-refractivity contribution < 1.29 is 4.74 Å². The predicted octanol–water partition coefficient (Wildman–Crippen LogP) is 2.17. The molecule has 0 aliphatic carbocycles. The molecule has 0 amide bonds. The lowest BCUT2D eigenvalue weighted by molar-refractivity contribution is 0.280. The van der Waals surface area contributed by atoms with Crippen LogP contribution < -0.4 is 15.4 Å². The van der Waals surface area contributed by atoms with E-state index in [0.717, 1.165) is 43.5 Å². The van der Waals surface area contributed by atoms with Crippen LogP contribution in [0.25, 0.3) is 0 Å². The highest BCUT2D eigenvalue weighted by atomic mass is 127. The fraction of sp³-hybridized carbons (Fsp3) is 0.550. The van der Waals surface area contributed by atoms with Gasteiger partial charge in [0.25, 0.3) is 0 Å². The second-order valence-electron chi connectivity index (χ2n) is 6.56. The normalized spacial score (nSPS) is 16.1. The molecule has 1 aromatic rings. The highest BCUT2D eigenvalue weighted by Gasteiger charge is 2.11. The zero-order chi connectivity index (χ0) is 18.6. The summed E-state index contributed by atoms with van der Waals surface area (Å²) in [6.07, 6.45) is 3.00. The van der Waals surface area contributed by atoms with Crippen molar-refractivity contribution >= 4 is 29.9 Å². The fourth-order valence-electron chi connectivity index (χ4n) is 2.99. The summed E-state index contributed by atoms with van der Waals surface area (Å²) in [5, 5.41) is 6.77. The summed E-state index contributed by atoms with van der Waals surface area (Å²) < 4.78 is 5.70. The number of rotatable bonds is 8. The molecule has 1 fully saturated rings. The summed E-state index contributed by atoms with van der Waals surface area (Å²) in [5.41, 5.74) is 1.10. The third-order valence-corrected chi connectivity index (χ3v) is 4.53. The topological polar surface area (TPSA) is 52.1 Å². The third-order valence-electron chi connectivity index (χ3n) is 4.53. The number of halogens is 1. The van der Waals surface area contributed by atoms with E-state index in [-0.39, 0.29) is 24.0 Å². The van der Waals surface area contributed by atoms with Gasteiger partial charge in [0, 0.05) is 45.3 Å². The van der Waals surface area contributed by atoms with Gasteiger partial charge in [-0.1, -0.05) is 30.9 Å². The average Bonchev–Trinajstić information content (AvgIpc) is 2.87. The number of benzene rings is 1. The van der Waals surface area contributed by atoms with E-state index in [9.17, 15) is 0 Å². The van der Waals surface area contributed by atoms with Crippen LogP contribution in [0.1, 0.15) is 12.0 Å². The molecule has 1 aliphatic heterocycles. The van der Waals surface area contributed by atoms with Crippen LogP contribution in [-0.4, -0.2) is 75.7 Å². The van der Waals surface area contributed by atoms with Crippen LogP contribution in [0.5, 0.6) is 5.75 Å². The number of nitrogens with zero attached hydrogens (tertiary/aromatic N) is 3. The summed E-state index contributed by atoms with van der Waals surface area (Å²) in [5.74, 6) is 1.69. The Balaban J connectivity index is 0.00000364. The van der Waals surface area contributed by atoms with Crippen molar-refractivity contribution in [1.82, 2.24) is 20.4 Å². The molecule has 1 aromatic carbocycles. The maximum Gasteiger partial charge on any atom is 0.191 e. The van der Waals surface area contributed by atoms with Gasteiger partial charge in [-0.2, -0.15) is 0 Å². The zero-order valence-electron chi connectivity index (χ0n) is 16.6. The molecule has 6 nitrogen and oxygen atoms in total. The molecule has 2 N–H and O–H groups in total. The van der Waals surface area contributed by atoms with Crippen molar-refractivity contribution in [2.24, 2.45) is 4.99 Å². The van der Waals surface area contributed by atoms with Gasteiger partial charge < -0.3 is 25.2 Å². The number of guanidine groups is 1. The maximum atomic E-state index is 5.70. The predicted molar refractivity (Wildman–Crippen MR) is 124 cm³/mol. The Morgan fingerprint density at radius 2 is 2.04 bits per heavy atom. The van der Waals surface area contributed by atoms with Crippen LogP contribution in [0.3, 0.4) is 0 Å². The minimum atomic E-state index is 0. The first-order chi connectivity index (χ1) is 12.7. The Morgan fingerprint density at radius 1 is 1.22 bits per heavy atom. The Labute approximate surface area is 181 Å². The standard InChI is InChI=1S/C20H33N5O.HI/c1-4-16-26-19-9-6-5-8-18(19)17-23-20(21-2)22-10-13-25-12-7-11-24(3)14-15-25;/h4-6,8-9H,1,7,10-17H2,2-3H3,(H2,21,22,23);1H. The smallest absolute Gasteiger partial charge is 0.191 e. The number of aliphatic imine (C=N–C) groups is 1. The minimum absolute atomic E-state index is 0. The number of nitrogens with one attached hydrogen (secondary N) is 2. The highest BCUT2D eigenvalue weighted by molar-refractivity contribution is 14.0. The number of hydrogen-bond acceptors (Lipinski definition) is 4. The quantitative estimate of drug-likeness (QED) is 0.255. The highest BCUT2D eigenvalue weighted by Crippen LogP contribution is 2.17. The minimum Gasteiger partial charge on any atom is -0.489 e. The molecule has 0 aromatic heterocycles. The van der Waals surface area contributed by atoms with Crippen molar-refractivity contribution in [3.63, 3.8) is 0 Å². The molecule has 0 radical (unpaired) electrons. The van der Waals surface area contributed by atoms with Gasteiger partial charge in [-0.25, -0.2) is 0 Å². The molecule has 27 heavy (non-hydrogen) atoms. The monoisotopic (exact) mass is 487 g/mol. The average molecular weight is 487 g/mol. The van der Waals surface area contributed by atoms with Gasteiger partial charge in [0.15, 0.2) is 5.96 Å². The van der Waals surface area contributed by atoms with Crippen LogP contribution in [-0.2, 0) is 6.54 Å². The van der Waals surface area contributed by atoms with E-state index in [0.29, 0.717) is 13.2 Å². The lowest BCUT2D eigenvalue weighted by Gasteiger charge is -2.21. The van der Waals surface area contributed by atoms with Crippen LogP contribution in [0.2, 0.25) is 0 Å². The molecule has 7 heteroatoms. The molecular formula is C20H34IN5O. The second-order valence-corrected chi connectivity index (χ2v) is 6.56. The van der Waals surface area contributed by atoms with Crippen LogP contribution in [0.4, 0.5) is 0 Å². The largest absolute Gasteiger partial charge is 0.489 e. The van der Waals surface area contributed by atoms with E-state index in [1.165, 1.54) is 19.5 Å². The van der Waals surface area contributed by atoms with Gasteiger partial charge in [-0.05, 0) is 32.6 Å². The van der Waals surface area contributed by atoms with Gasteiger partial charge in [-0.3, -0.25) is 4.99 Å². The first kappa shape index (κ1) is 23.7. The summed E-state index contributed by atoms with van der Waals surface area (Å²) in [6.45, 7) is 11.5. The van der Waals surface area contributed by atoms with Crippen molar-refractivity contribution in [3.8, 4) is 5.75 Å². The third kappa shape index (κ3) is 8.94. The van der Waals surface area contributed by atoms with Gasteiger partial charge >= 0.3 is 0 Å². The van der Waals surface area contributed by atoms with Crippen molar-refractivity contribution in [2.45, 2.75) is 13.0 Å². The van der Waals surface area contributed by atoms with E-state index < -0.39 is 0 Å². The molecule has 2 rings (SSSR count). The molecule has 0 unspecified atom stereocenters. The molecule has 0 saturated carbocycles.